The van der Waals surface area contributed by atoms with E-state index in [9.17, 15) is 9.59 Å². The lowest BCUT2D eigenvalue weighted by Gasteiger charge is -2.22. The fourth-order valence-corrected chi connectivity index (χ4v) is 2.67. The third-order valence-electron chi connectivity index (χ3n) is 4.14. The van der Waals surface area contributed by atoms with Crippen LogP contribution in [-0.4, -0.2) is 56.2 Å². The number of hydrogen-bond donors (Lipinski definition) is 1. The van der Waals surface area contributed by atoms with Gasteiger partial charge in [-0.25, -0.2) is 0 Å². The average molecular weight is 334 g/mol. The summed E-state index contributed by atoms with van der Waals surface area (Å²) in [5.74, 6) is -0.189. The standard InChI is InChI=1S/C18H26N2O4/c1-13(24-12-16-5-4-10-23-16)18(22)20(3)11-14-6-8-15(9-7-14)17(21)19-2/h6-9,13,16H,4-5,10-12H2,1-3H3,(H,19,21)/t13-,16-/m0/s1. The van der Waals surface area contributed by atoms with E-state index >= 15 is 0 Å². The second kappa shape index (κ2) is 8.80. The van der Waals surface area contributed by atoms with Crippen LogP contribution in [0.4, 0.5) is 0 Å². The topological polar surface area (TPSA) is 67.9 Å². The van der Waals surface area contributed by atoms with E-state index in [4.69, 9.17) is 9.47 Å². The van der Waals surface area contributed by atoms with Crippen molar-refractivity contribution in [3.8, 4) is 0 Å². The molecule has 132 valence electrons. The van der Waals surface area contributed by atoms with E-state index in [0.717, 1.165) is 25.0 Å². The van der Waals surface area contributed by atoms with Crippen LogP contribution in [0.1, 0.15) is 35.7 Å². The van der Waals surface area contributed by atoms with Gasteiger partial charge in [0.2, 0.25) is 0 Å². The SMILES string of the molecule is CNC(=O)c1ccc(CN(C)C(=O)[C@H](C)OC[C@@H]2CCCO2)cc1. The molecule has 2 atom stereocenters. The summed E-state index contributed by atoms with van der Waals surface area (Å²) in [5.41, 5.74) is 1.56. The number of ether oxygens (including phenoxy) is 2. The first-order valence-corrected chi connectivity index (χ1v) is 8.30. The van der Waals surface area contributed by atoms with Crippen molar-refractivity contribution in [1.82, 2.24) is 10.2 Å². The zero-order valence-electron chi connectivity index (χ0n) is 14.6. The van der Waals surface area contributed by atoms with Gasteiger partial charge in [0.1, 0.15) is 6.10 Å². The third kappa shape index (κ3) is 5.04. The summed E-state index contributed by atoms with van der Waals surface area (Å²) in [6, 6.07) is 7.21. The fourth-order valence-electron chi connectivity index (χ4n) is 2.67. The molecule has 0 saturated carbocycles. The van der Waals surface area contributed by atoms with Gasteiger partial charge in [0.05, 0.1) is 12.7 Å². The lowest BCUT2D eigenvalue weighted by Crippen LogP contribution is -2.37. The molecule has 0 spiro atoms. The van der Waals surface area contributed by atoms with Crippen LogP contribution in [0, 0.1) is 0 Å². The highest BCUT2D eigenvalue weighted by molar-refractivity contribution is 5.93. The molecule has 0 radical (unpaired) electrons. The van der Waals surface area contributed by atoms with Gasteiger partial charge in [-0.15, -0.1) is 0 Å². The minimum Gasteiger partial charge on any atom is -0.376 e. The Kier molecular flexibility index (Phi) is 6.75. The van der Waals surface area contributed by atoms with Gasteiger partial charge in [-0.2, -0.15) is 0 Å². The molecule has 0 unspecified atom stereocenters. The van der Waals surface area contributed by atoms with Gasteiger partial charge in [-0.05, 0) is 37.5 Å². The summed E-state index contributed by atoms with van der Waals surface area (Å²) in [4.78, 5) is 25.5. The quantitative estimate of drug-likeness (QED) is 0.822. The van der Waals surface area contributed by atoms with Gasteiger partial charge < -0.3 is 19.7 Å². The molecule has 0 bridgehead atoms. The van der Waals surface area contributed by atoms with Crippen molar-refractivity contribution in [2.24, 2.45) is 0 Å². The van der Waals surface area contributed by atoms with Crippen LogP contribution in [0.3, 0.4) is 0 Å². The minimum atomic E-state index is -0.496. The predicted molar refractivity (Wildman–Crippen MR) is 90.7 cm³/mol. The monoisotopic (exact) mass is 334 g/mol. The van der Waals surface area contributed by atoms with Crippen molar-refractivity contribution < 1.29 is 19.1 Å². The van der Waals surface area contributed by atoms with Crippen LogP contribution in [-0.2, 0) is 20.8 Å². The Morgan fingerprint density at radius 3 is 2.67 bits per heavy atom. The first-order chi connectivity index (χ1) is 11.5. The minimum absolute atomic E-state index is 0.0663. The normalized spacial score (nSPS) is 18.2. The Bertz CT molecular complexity index is 553. The highest BCUT2D eigenvalue weighted by Crippen LogP contribution is 2.14. The number of rotatable bonds is 7. The molecule has 2 amide bonds. The molecular weight excluding hydrogens is 308 g/mol. The highest BCUT2D eigenvalue weighted by atomic mass is 16.5. The van der Waals surface area contributed by atoms with Crippen LogP contribution < -0.4 is 5.32 Å². The zero-order chi connectivity index (χ0) is 17.5. The van der Waals surface area contributed by atoms with Crippen molar-refractivity contribution in [3.05, 3.63) is 35.4 Å². The Hall–Kier alpha value is -1.92. The molecule has 1 heterocycles. The molecular formula is C18H26N2O4. The number of likely N-dealkylation sites (N-methyl/N-ethyl adjacent to an activating group) is 1. The summed E-state index contributed by atoms with van der Waals surface area (Å²) in [5, 5.41) is 2.58. The van der Waals surface area contributed by atoms with Gasteiger partial charge in [-0.3, -0.25) is 9.59 Å². The summed E-state index contributed by atoms with van der Waals surface area (Å²) in [6.45, 7) is 3.48. The number of benzene rings is 1. The maximum atomic E-state index is 12.4. The molecule has 1 aromatic rings. The lowest BCUT2D eigenvalue weighted by atomic mass is 10.1. The van der Waals surface area contributed by atoms with Crippen LogP contribution in [0.15, 0.2) is 24.3 Å². The molecule has 6 heteroatoms. The first kappa shape index (κ1) is 18.4. The number of nitrogens with zero attached hydrogens (tertiary/aromatic N) is 1. The van der Waals surface area contributed by atoms with E-state index in [-0.39, 0.29) is 17.9 Å². The van der Waals surface area contributed by atoms with Crippen LogP contribution >= 0.6 is 0 Å². The second-order valence-corrected chi connectivity index (χ2v) is 6.08. The van der Waals surface area contributed by atoms with Crippen LogP contribution in [0.2, 0.25) is 0 Å². The number of carbonyl (C=O) groups excluding carboxylic acids is 2. The number of hydrogen-bond acceptors (Lipinski definition) is 4. The Morgan fingerprint density at radius 2 is 2.08 bits per heavy atom. The average Bonchev–Trinajstić information content (AvgIpc) is 3.12. The van der Waals surface area contributed by atoms with Crippen molar-refractivity contribution in [3.63, 3.8) is 0 Å². The number of carbonyl (C=O) groups is 2. The van der Waals surface area contributed by atoms with Gasteiger partial charge in [0.25, 0.3) is 11.8 Å². The molecule has 1 aliphatic heterocycles. The maximum absolute atomic E-state index is 12.4. The Balaban J connectivity index is 1.82. The van der Waals surface area contributed by atoms with Crippen LogP contribution in [0.25, 0.3) is 0 Å². The van der Waals surface area contributed by atoms with Gasteiger partial charge >= 0.3 is 0 Å². The van der Waals surface area contributed by atoms with Crippen molar-refractivity contribution in [2.75, 3.05) is 27.3 Å². The highest BCUT2D eigenvalue weighted by Gasteiger charge is 2.22. The molecule has 1 aromatic carbocycles. The van der Waals surface area contributed by atoms with Crippen molar-refractivity contribution in [2.45, 2.75) is 38.5 Å². The molecule has 1 fully saturated rings. The van der Waals surface area contributed by atoms with Gasteiger partial charge in [-0.1, -0.05) is 12.1 Å². The molecule has 0 aliphatic carbocycles. The van der Waals surface area contributed by atoms with Crippen molar-refractivity contribution in [1.29, 1.82) is 0 Å². The summed E-state index contributed by atoms with van der Waals surface area (Å²) in [7, 11) is 3.35. The largest absolute Gasteiger partial charge is 0.376 e. The molecule has 1 aliphatic rings. The van der Waals surface area contributed by atoms with Crippen molar-refractivity contribution >= 4 is 11.8 Å². The van der Waals surface area contributed by atoms with E-state index < -0.39 is 6.10 Å². The Labute approximate surface area is 143 Å². The van der Waals surface area contributed by atoms with E-state index in [1.54, 1.807) is 38.1 Å². The molecule has 24 heavy (non-hydrogen) atoms. The van der Waals surface area contributed by atoms with E-state index in [2.05, 4.69) is 5.32 Å². The number of amides is 2. The van der Waals surface area contributed by atoms with E-state index in [1.165, 1.54) is 0 Å². The third-order valence-corrected chi connectivity index (χ3v) is 4.14. The fraction of sp³-hybridized carbons (Fsp3) is 0.556. The molecule has 0 aromatic heterocycles. The lowest BCUT2D eigenvalue weighted by molar-refractivity contribution is -0.143. The predicted octanol–water partition coefficient (Wildman–Crippen LogP) is 1.59. The smallest absolute Gasteiger partial charge is 0.251 e. The van der Waals surface area contributed by atoms with Gasteiger partial charge in [0.15, 0.2) is 0 Å². The van der Waals surface area contributed by atoms with E-state index in [0.29, 0.717) is 18.7 Å². The second-order valence-electron chi connectivity index (χ2n) is 6.08. The number of nitrogens with one attached hydrogen (secondary N) is 1. The van der Waals surface area contributed by atoms with Gasteiger partial charge in [0, 0.05) is 32.8 Å². The van der Waals surface area contributed by atoms with E-state index in [1.807, 2.05) is 12.1 Å². The molecule has 6 nitrogen and oxygen atoms in total. The summed E-state index contributed by atoms with van der Waals surface area (Å²) in [6.07, 6.45) is 1.67. The maximum Gasteiger partial charge on any atom is 0.251 e. The molecule has 1 saturated heterocycles. The Morgan fingerprint density at radius 1 is 1.38 bits per heavy atom. The first-order valence-electron chi connectivity index (χ1n) is 8.30. The summed E-state index contributed by atoms with van der Waals surface area (Å²) < 4.78 is 11.1. The summed E-state index contributed by atoms with van der Waals surface area (Å²) >= 11 is 0. The zero-order valence-corrected chi connectivity index (χ0v) is 14.6. The van der Waals surface area contributed by atoms with Crippen LogP contribution in [0.5, 0.6) is 0 Å². The molecule has 2 rings (SSSR count). The molecule has 1 N–H and O–H groups in total.